The number of non-ortho nitro benzene ring substituents is 1. The van der Waals surface area contributed by atoms with Gasteiger partial charge in [-0.05, 0) is 39.3 Å². The van der Waals surface area contributed by atoms with Gasteiger partial charge in [-0.1, -0.05) is 15.9 Å². The van der Waals surface area contributed by atoms with Gasteiger partial charge in [-0.25, -0.2) is 4.79 Å². The second-order valence-electron chi connectivity index (χ2n) is 5.53. The van der Waals surface area contributed by atoms with E-state index in [9.17, 15) is 14.9 Å². The van der Waals surface area contributed by atoms with Crippen molar-refractivity contribution in [2.75, 3.05) is 6.54 Å². The molecule has 0 radical (unpaired) electrons. The first-order chi connectivity index (χ1) is 9.64. The molecule has 21 heavy (non-hydrogen) atoms. The van der Waals surface area contributed by atoms with Gasteiger partial charge in [-0.3, -0.25) is 10.1 Å². The Hall–Kier alpha value is -1.63. The van der Waals surface area contributed by atoms with Crippen LogP contribution in [0.1, 0.15) is 33.3 Å². The molecule has 7 heteroatoms. The highest BCUT2D eigenvalue weighted by Crippen LogP contribution is 2.24. The summed E-state index contributed by atoms with van der Waals surface area (Å²) in [4.78, 5) is 23.9. The highest BCUT2D eigenvalue weighted by atomic mass is 79.9. The van der Waals surface area contributed by atoms with Crippen LogP contribution < -0.4 is 0 Å². The van der Waals surface area contributed by atoms with E-state index in [0.29, 0.717) is 12.1 Å². The lowest BCUT2D eigenvalue weighted by Crippen LogP contribution is -2.36. The van der Waals surface area contributed by atoms with Gasteiger partial charge in [0.25, 0.3) is 5.69 Å². The number of carbonyl (C=O) groups is 1. The van der Waals surface area contributed by atoms with Crippen molar-refractivity contribution in [1.82, 2.24) is 4.90 Å². The zero-order valence-electron chi connectivity index (χ0n) is 12.6. The Morgan fingerprint density at radius 1 is 1.43 bits per heavy atom. The van der Waals surface area contributed by atoms with Crippen LogP contribution in [0.25, 0.3) is 0 Å². The molecule has 0 N–H and O–H groups in total. The monoisotopic (exact) mass is 358 g/mol. The molecule has 0 saturated carbocycles. The molecule has 0 aliphatic heterocycles. The molecule has 0 saturated heterocycles. The summed E-state index contributed by atoms with van der Waals surface area (Å²) in [7, 11) is 0. The Balaban J connectivity index is 2.93. The number of benzene rings is 1. The van der Waals surface area contributed by atoms with Gasteiger partial charge in [0.1, 0.15) is 5.60 Å². The molecule has 0 bridgehead atoms. The van der Waals surface area contributed by atoms with Gasteiger partial charge in [-0.15, -0.1) is 0 Å². The normalized spacial score (nSPS) is 11.1. The number of hydrogen-bond donors (Lipinski definition) is 0. The van der Waals surface area contributed by atoms with Crippen molar-refractivity contribution in [3.8, 4) is 0 Å². The zero-order chi connectivity index (χ0) is 16.2. The third-order valence-corrected chi connectivity index (χ3v) is 3.41. The highest BCUT2D eigenvalue weighted by Gasteiger charge is 2.22. The van der Waals surface area contributed by atoms with Crippen LogP contribution in [0.15, 0.2) is 22.7 Å². The van der Waals surface area contributed by atoms with Crippen LogP contribution in [0.3, 0.4) is 0 Å². The maximum absolute atomic E-state index is 12.1. The van der Waals surface area contributed by atoms with Gasteiger partial charge in [0.15, 0.2) is 0 Å². The zero-order valence-corrected chi connectivity index (χ0v) is 14.1. The van der Waals surface area contributed by atoms with Gasteiger partial charge >= 0.3 is 6.09 Å². The summed E-state index contributed by atoms with van der Waals surface area (Å²) in [6.07, 6.45) is -0.441. The molecule has 1 amide bonds. The highest BCUT2D eigenvalue weighted by molar-refractivity contribution is 9.10. The molecule has 0 aliphatic rings. The van der Waals surface area contributed by atoms with Crippen LogP contribution in [-0.2, 0) is 11.3 Å². The van der Waals surface area contributed by atoms with Crippen molar-refractivity contribution in [2.24, 2.45) is 0 Å². The lowest BCUT2D eigenvalue weighted by atomic mass is 10.2. The van der Waals surface area contributed by atoms with Crippen LogP contribution in [-0.4, -0.2) is 28.1 Å². The van der Waals surface area contributed by atoms with Crippen molar-refractivity contribution in [3.05, 3.63) is 38.3 Å². The van der Waals surface area contributed by atoms with E-state index in [2.05, 4.69) is 15.9 Å². The second-order valence-corrected chi connectivity index (χ2v) is 6.38. The van der Waals surface area contributed by atoms with E-state index >= 15 is 0 Å². The summed E-state index contributed by atoms with van der Waals surface area (Å²) in [6, 6.07) is 4.48. The molecular weight excluding hydrogens is 340 g/mol. The molecular formula is C14H19BrN2O4. The fourth-order valence-electron chi connectivity index (χ4n) is 1.63. The minimum atomic E-state index is -0.579. The Morgan fingerprint density at radius 3 is 2.52 bits per heavy atom. The molecule has 0 aromatic heterocycles. The standard InChI is InChI=1S/C14H19BrN2O4/c1-5-16(13(18)21-14(2,3)4)9-10-8-11(17(19)20)6-7-12(10)15/h6-8H,5,9H2,1-4H3. The van der Waals surface area contributed by atoms with Crippen LogP contribution >= 0.6 is 15.9 Å². The van der Waals surface area contributed by atoms with E-state index in [1.807, 2.05) is 6.92 Å². The molecule has 0 fully saturated rings. The number of hydrogen-bond acceptors (Lipinski definition) is 4. The van der Waals surface area contributed by atoms with Gasteiger partial charge in [-0.2, -0.15) is 0 Å². The Bertz CT molecular complexity index is 540. The minimum absolute atomic E-state index is 0.00607. The van der Waals surface area contributed by atoms with Crippen molar-refractivity contribution in [1.29, 1.82) is 0 Å². The second kappa shape index (κ2) is 6.89. The SMILES string of the molecule is CCN(Cc1cc([N+](=O)[O-])ccc1Br)C(=O)OC(C)(C)C. The van der Waals surface area contributed by atoms with Gasteiger partial charge < -0.3 is 9.64 Å². The lowest BCUT2D eigenvalue weighted by molar-refractivity contribution is -0.384. The van der Waals surface area contributed by atoms with Crippen LogP contribution in [0.2, 0.25) is 0 Å². The molecule has 0 atom stereocenters. The Kier molecular flexibility index (Phi) is 5.71. The van der Waals surface area contributed by atoms with E-state index in [0.717, 1.165) is 4.47 Å². The predicted octanol–water partition coefficient (Wildman–Crippen LogP) is 4.11. The molecule has 116 valence electrons. The smallest absolute Gasteiger partial charge is 0.410 e. The van der Waals surface area contributed by atoms with Crippen molar-refractivity contribution in [2.45, 2.75) is 39.8 Å². The van der Waals surface area contributed by atoms with E-state index in [1.165, 1.54) is 17.0 Å². The molecule has 6 nitrogen and oxygen atoms in total. The fraction of sp³-hybridized carbons (Fsp3) is 0.500. The van der Waals surface area contributed by atoms with E-state index in [1.54, 1.807) is 26.8 Å². The van der Waals surface area contributed by atoms with Crippen molar-refractivity contribution in [3.63, 3.8) is 0 Å². The largest absolute Gasteiger partial charge is 0.444 e. The van der Waals surface area contributed by atoms with E-state index in [4.69, 9.17) is 4.74 Å². The topological polar surface area (TPSA) is 72.7 Å². The molecule has 1 aromatic rings. The van der Waals surface area contributed by atoms with Crippen LogP contribution in [0.5, 0.6) is 0 Å². The number of nitrogens with zero attached hydrogens (tertiary/aromatic N) is 2. The summed E-state index contributed by atoms with van der Waals surface area (Å²) in [6.45, 7) is 7.90. The molecule has 0 aliphatic carbocycles. The number of rotatable bonds is 4. The molecule has 0 spiro atoms. The third kappa shape index (κ3) is 5.34. The number of ether oxygens (including phenoxy) is 1. The number of nitro benzene ring substituents is 1. The number of halogens is 1. The lowest BCUT2D eigenvalue weighted by Gasteiger charge is -2.26. The molecule has 1 aromatic carbocycles. The fourth-order valence-corrected chi connectivity index (χ4v) is 2.01. The van der Waals surface area contributed by atoms with Crippen LogP contribution in [0.4, 0.5) is 10.5 Å². The summed E-state index contributed by atoms with van der Waals surface area (Å²) in [5.41, 5.74) is 0.0788. The molecule has 0 unspecified atom stereocenters. The molecule has 0 heterocycles. The Morgan fingerprint density at radius 2 is 2.05 bits per heavy atom. The van der Waals surface area contributed by atoms with Gasteiger partial charge in [0.2, 0.25) is 0 Å². The maximum Gasteiger partial charge on any atom is 0.410 e. The first-order valence-electron chi connectivity index (χ1n) is 6.54. The average molecular weight is 359 g/mol. The molecule has 1 rings (SSSR count). The minimum Gasteiger partial charge on any atom is -0.444 e. The predicted molar refractivity (Wildman–Crippen MR) is 83.1 cm³/mol. The summed E-state index contributed by atoms with van der Waals surface area (Å²) < 4.78 is 6.04. The quantitative estimate of drug-likeness (QED) is 0.599. The van der Waals surface area contributed by atoms with Crippen molar-refractivity contribution >= 4 is 27.7 Å². The number of amides is 1. The van der Waals surface area contributed by atoms with Gasteiger partial charge in [0, 0.05) is 23.2 Å². The van der Waals surface area contributed by atoms with Crippen molar-refractivity contribution < 1.29 is 14.5 Å². The van der Waals surface area contributed by atoms with Crippen LogP contribution in [0, 0.1) is 10.1 Å². The first kappa shape index (κ1) is 17.4. The third-order valence-electron chi connectivity index (χ3n) is 2.63. The number of nitro groups is 1. The summed E-state index contributed by atoms with van der Waals surface area (Å²) in [5.74, 6) is 0. The van der Waals surface area contributed by atoms with E-state index < -0.39 is 16.6 Å². The number of carbonyl (C=O) groups excluding carboxylic acids is 1. The summed E-state index contributed by atoms with van der Waals surface area (Å²) in [5, 5.41) is 10.8. The van der Waals surface area contributed by atoms with E-state index in [-0.39, 0.29) is 12.2 Å². The Labute approximate surface area is 132 Å². The maximum atomic E-state index is 12.1. The average Bonchev–Trinajstić information content (AvgIpc) is 2.35. The van der Waals surface area contributed by atoms with Gasteiger partial charge in [0.05, 0.1) is 11.5 Å². The first-order valence-corrected chi connectivity index (χ1v) is 7.34. The summed E-state index contributed by atoms with van der Waals surface area (Å²) >= 11 is 3.35.